The van der Waals surface area contributed by atoms with Gasteiger partial charge in [0.05, 0.1) is 6.61 Å². The second-order valence-corrected chi connectivity index (χ2v) is 2.79. The predicted octanol–water partition coefficient (Wildman–Crippen LogP) is 2.35. The molecule has 0 atom stereocenters. The van der Waals surface area contributed by atoms with Crippen LogP contribution >= 0.6 is 0 Å². The summed E-state index contributed by atoms with van der Waals surface area (Å²) in [5, 5.41) is 8.77. The van der Waals surface area contributed by atoms with Crippen molar-refractivity contribution in [2.75, 3.05) is 0 Å². The Bertz CT molecular complexity index is 305. The smallest absolute Gasteiger partial charge is 0.124 e. The van der Waals surface area contributed by atoms with Crippen molar-refractivity contribution < 1.29 is 9.50 Å². The zero-order valence-corrected chi connectivity index (χ0v) is 6.97. The molecule has 1 aromatic rings. The van der Waals surface area contributed by atoms with Gasteiger partial charge < -0.3 is 5.11 Å². The van der Waals surface area contributed by atoms with Gasteiger partial charge in [-0.2, -0.15) is 0 Å². The second-order valence-electron chi connectivity index (χ2n) is 2.79. The molecule has 0 unspecified atom stereocenters. The molecule has 0 radical (unpaired) electrons. The van der Waals surface area contributed by atoms with Gasteiger partial charge in [0, 0.05) is 0 Å². The Morgan fingerprint density at radius 3 is 2.67 bits per heavy atom. The van der Waals surface area contributed by atoms with Gasteiger partial charge in [-0.15, -0.1) is 0 Å². The molecule has 0 aliphatic carbocycles. The summed E-state index contributed by atoms with van der Waals surface area (Å²) >= 11 is 0. The van der Waals surface area contributed by atoms with Crippen LogP contribution < -0.4 is 0 Å². The van der Waals surface area contributed by atoms with Crippen LogP contribution in [-0.2, 0) is 6.61 Å². The minimum atomic E-state index is -0.334. The number of aliphatic hydroxyl groups excluding tert-OH is 1. The highest BCUT2D eigenvalue weighted by Crippen LogP contribution is 2.15. The first kappa shape index (κ1) is 8.94. The molecular formula is C10H11FO. The Kier molecular flexibility index (Phi) is 2.61. The predicted molar refractivity (Wildman–Crippen MR) is 47.0 cm³/mol. The molecule has 0 heterocycles. The van der Waals surface area contributed by atoms with Crippen molar-refractivity contribution in [2.45, 2.75) is 13.5 Å². The summed E-state index contributed by atoms with van der Waals surface area (Å²) in [5.74, 6) is -0.334. The number of rotatable bonds is 2. The Balaban J connectivity index is 3.15. The summed E-state index contributed by atoms with van der Waals surface area (Å²) in [6.07, 6.45) is 0. The molecule has 64 valence electrons. The summed E-state index contributed by atoms with van der Waals surface area (Å²) in [5.41, 5.74) is 2.11. The van der Waals surface area contributed by atoms with Gasteiger partial charge in [-0.25, -0.2) is 4.39 Å². The van der Waals surface area contributed by atoms with Crippen LogP contribution in [0.25, 0.3) is 5.57 Å². The van der Waals surface area contributed by atoms with Crippen molar-refractivity contribution in [3.8, 4) is 0 Å². The fraction of sp³-hybridized carbons (Fsp3) is 0.200. The maximum absolute atomic E-state index is 12.8. The van der Waals surface area contributed by atoms with E-state index in [4.69, 9.17) is 5.11 Å². The van der Waals surface area contributed by atoms with Crippen molar-refractivity contribution in [2.24, 2.45) is 0 Å². The maximum atomic E-state index is 12.8. The summed E-state index contributed by atoms with van der Waals surface area (Å²) in [7, 11) is 0. The minimum Gasteiger partial charge on any atom is -0.392 e. The lowest BCUT2D eigenvalue weighted by Gasteiger charge is -2.02. The number of benzene rings is 1. The van der Waals surface area contributed by atoms with E-state index in [9.17, 15) is 4.39 Å². The topological polar surface area (TPSA) is 20.2 Å². The first-order valence-electron chi connectivity index (χ1n) is 3.69. The van der Waals surface area contributed by atoms with E-state index in [1.807, 2.05) is 0 Å². The molecule has 0 saturated heterocycles. The molecule has 1 aromatic carbocycles. The van der Waals surface area contributed by atoms with Gasteiger partial charge in [0.25, 0.3) is 0 Å². The van der Waals surface area contributed by atoms with E-state index >= 15 is 0 Å². The van der Waals surface area contributed by atoms with Gasteiger partial charge in [-0.1, -0.05) is 12.2 Å². The molecule has 2 heteroatoms. The molecule has 1 N–H and O–H groups in total. The van der Waals surface area contributed by atoms with E-state index in [1.54, 1.807) is 13.0 Å². The lowest BCUT2D eigenvalue weighted by atomic mass is 10.1. The van der Waals surface area contributed by atoms with Gasteiger partial charge in [0.2, 0.25) is 0 Å². The average Bonchev–Trinajstić information content (AvgIpc) is 2.03. The number of halogens is 1. The fourth-order valence-corrected chi connectivity index (χ4v) is 0.988. The normalized spacial score (nSPS) is 9.92. The molecule has 0 aromatic heterocycles. The highest BCUT2D eigenvalue weighted by atomic mass is 19.1. The Labute approximate surface area is 71.2 Å². The number of aliphatic hydroxyl groups is 1. The van der Waals surface area contributed by atoms with Crippen molar-refractivity contribution in [1.29, 1.82) is 0 Å². The number of hydrogen-bond acceptors (Lipinski definition) is 1. The lowest BCUT2D eigenvalue weighted by Crippen LogP contribution is -1.88. The van der Waals surface area contributed by atoms with Crippen molar-refractivity contribution in [3.05, 3.63) is 41.7 Å². The first-order valence-corrected chi connectivity index (χ1v) is 3.69. The van der Waals surface area contributed by atoms with E-state index < -0.39 is 0 Å². The zero-order valence-electron chi connectivity index (χ0n) is 6.97. The van der Waals surface area contributed by atoms with Crippen LogP contribution in [0, 0.1) is 5.82 Å². The number of allylic oxidation sites excluding steroid dienone is 1. The van der Waals surface area contributed by atoms with E-state index in [0.29, 0.717) is 5.56 Å². The molecule has 0 amide bonds. The maximum Gasteiger partial charge on any atom is 0.124 e. The molecule has 0 saturated carbocycles. The zero-order chi connectivity index (χ0) is 9.14. The SMILES string of the molecule is C=C(C)c1cc(F)cc(CO)c1. The third-order valence-corrected chi connectivity index (χ3v) is 1.63. The third kappa shape index (κ3) is 1.92. The molecular weight excluding hydrogens is 155 g/mol. The first-order chi connectivity index (χ1) is 5.63. The molecule has 0 spiro atoms. The van der Waals surface area contributed by atoms with Crippen LogP contribution in [0.4, 0.5) is 4.39 Å². The van der Waals surface area contributed by atoms with Gasteiger partial charge >= 0.3 is 0 Å². The van der Waals surface area contributed by atoms with Crippen molar-refractivity contribution >= 4 is 5.57 Å². The Hall–Kier alpha value is -1.15. The molecule has 0 fully saturated rings. The van der Waals surface area contributed by atoms with Crippen LogP contribution in [0.2, 0.25) is 0 Å². The average molecular weight is 166 g/mol. The van der Waals surface area contributed by atoms with Crippen LogP contribution in [0.3, 0.4) is 0 Å². The van der Waals surface area contributed by atoms with Crippen LogP contribution in [0.1, 0.15) is 18.1 Å². The Morgan fingerprint density at radius 1 is 1.50 bits per heavy atom. The van der Waals surface area contributed by atoms with E-state index in [1.165, 1.54) is 12.1 Å². The van der Waals surface area contributed by atoms with Crippen LogP contribution in [-0.4, -0.2) is 5.11 Å². The standard InChI is InChI=1S/C10H11FO/c1-7(2)9-3-8(6-12)4-10(11)5-9/h3-5,12H,1,6H2,2H3. The highest BCUT2D eigenvalue weighted by Gasteiger charge is 1.99. The molecule has 0 aliphatic heterocycles. The van der Waals surface area contributed by atoms with Gasteiger partial charge in [0.1, 0.15) is 5.82 Å². The lowest BCUT2D eigenvalue weighted by molar-refractivity contribution is 0.281. The van der Waals surface area contributed by atoms with E-state index in [2.05, 4.69) is 6.58 Å². The number of hydrogen-bond donors (Lipinski definition) is 1. The quantitative estimate of drug-likeness (QED) is 0.715. The van der Waals surface area contributed by atoms with Crippen LogP contribution in [0.5, 0.6) is 0 Å². The minimum absolute atomic E-state index is 0.141. The molecule has 1 rings (SSSR count). The fourth-order valence-electron chi connectivity index (χ4n) is 0.988. The van der Waals surface area contributed by atoms with Crippen LogP contribution in [0.15, 0.2) is 24.8 Å². The van der Waals surface area contributed by atoms with Crippen molar-refractivity contribution in [1.82, 2.24) is 0 Å². The summed E-state index contributed by atoms with van der Waals surface area (Å²) in [6, 6.07) is 4.44. The van der Waals surface area contributed by atoms with E-state index in [0.717, 1.165) is 11.1 Å². The van der Waals surface area contributed by atoms with Gasteiger partial charge in [-0.3, -0.25) is 0 Å². The summed E-state index contributed by atoms with van der Waals surface area (Å²) < 4.78 is 12.8. The van der Waals surface area contributed by atoms with Crippen molar-refractivity contribution in [3.63, 3.8) is 0 Å². The largest absolute Gasteiger partial charge is 0.392 e. The molecule has 1 nitrogen and oxygen atoms in total. The monoisotopic (exact) mass is 166 g/mol. The molecule has 12 heavy (non-hydrogen) atoms. The molecule has 0 bridgehead atoms. The van der Waals surface area contributed by atoms with Gasteiger partial charge in [0.15, 0.2) is 0 Å². The van der Waals surface area contributed by atoms with Gasteiger partial charge in [-0.05, 0) is 36.2 Å². The summed E-state index contributed by atoms with van der Waals surface area (Å²) in [4.78, 5) is 0. The Morgan fingerprint density at radius 2 is 2.17 bits per heavy atom. The summed E-state index contributed by atoms with van der Waals surface area (Å²) in [6.45, 7) is 5.35. The second kappa shape index (κ2) is 3.50. The third-order valence-electron chi connectivity index (χ3n) is 1.63. The molecule has 0 aliphatic rings. The van der Waals surface area contributed by atoms with E-state index in [-0.39, 0.29) is 12.4 Å². The highest BCUT2D eigenvalue weighted by molar-refractivity contribution is 5.61.